The van der Waals surface area contributed by atoms with Gasteiger partial charge in [0.05, 0.1) is 7.11 Å². The molecule has 3 heteroatoms. The quantitative estimate of drug-likeness (QED) is 0.724. The third kappa shape index (κ3) is 2.23. The van der Waals surface area contributed by atoms with Gasteiger partial charge < -0.3 is 4.74 Å². The highest BCUT2D eigenvalue weighted by molar-refractivity contribution is 9.09. The van der Waals surface area contributed by atoms with Gasteiger partial charge in [0, 0.05) is 9.85 Å². The van der Waals surface area contributed by atoms with Crippen LogP contribution in [-0.2, 0) is 0 Å². The van der Waals surface area contributed by atoms with E-state index < -0.39 is 0 Å². The zero-order chi connectivity index (χ0) is 11.7. The van der Waals surface area contributed by atoms with E-state index in [1.807, 2.05) is 18.2 Å². The van der Waals surface area contributed by atoms with Crippen LogP contribution in [0.5, 0.6) is 5.75 Å². The SMILES string of the molecule is COc1ccc(Cl)cc1C1CCC(Br)C1C. The number of ether oxygens (including phenoxy) is 1. The van der Waals surface area contributed by atoms with Gasteiger partial charge in [0.2, 0.25) is 0 Å². The molecule has 88 valence electrons. The predicted molar refractivity (Wildman–Crippen MR) is 71.9 cm³/mol. The van der Waals surface area contributed by atoms with Crippen molar-refractivity contribution in [2.75, 3.05) is 7.11 Å². The number of benzene rings is 1. The van der Waals surface area contributed by atoms with Crippen LogP contribution in [0.15, 0.2) is 18.2 Å². The molecule has 0 N–H and O–H groups in total. The van der Waals surface area contributed by atoms with Gasteiger partial charge in [-0.15, -0.1) is 0 Å². The first kappa shape index (κ1) is 12.3. The molecule has 1 aromatic rings. The third-order valence-corrected chi connectivity index (χ3v) is 5.08. The minimum Gasteiger partial charge on any atom is -0.496 e. The molecule has 1 aromatic carbocycles. The van der Waals surface area contributed by atoms with E-state index in [0.717, 1.165) is 10.8 Å². The standard InChI is InChI=1S/C13H16BrClO/c1-8-10(4-5-12(8)14)11-7-9(15)3-6-13(11)16-2/h3,6-8,10,12H,4-5H2,1-2H3. The van der Waals surface area contributed by atoms with Gasteiger partial charge in [0.25, 0.3) is 0 Å². The molecule has 0 spiro atoms. The second kappa shape index (κ2) is 4.97. The van der Waals surface area contributed by atoms with Gasteiger partial charge in [-0.25, -0.2) is 0 Å². The van der Waals surface area contributed by atoms with Crippen molar-refractivity contribution in [3.63, 3.8) is 0 Å². The first-order valence-corrected chi connectivity index (χ1v) is 6.90. The number of alkyl halides is 1. The molecule has 0 heterocycles. The predicted octanol–water partition coefficient (Wildman–Crippen LogP) is 4.63. The molecule has 3 unspecified atom stereocenters. The summed E-state index contributed by atoms with van der Waals surface area (Å²) >= 11 is 9.80. The van der Waals surface area contributed by atoms with Crippen molar-refractivity contribution in [1.82, 2.24) is 0 Å². The molecule has 0 aliphatic heterocycles. The molecule has 1 saturated carbocycles. The molecular formula is C13H16BrClO. The largest absolute Gasteiger partial charge is 0.496 e. The normalized spacial score (nSPS) is 29.4. The zero-order valence-electron chi connectivity index (χ0n) is 9.54. The average molecular weight is 304 g/mol. The Morgan fingerprint density at radius 3 is 2.69 bits per heavy atom. The summed E-state index contributed by atoms with van der Waals surface area (Å²) in [7, 11) is 1.72. The Bertz CT molecular complexity index is 380. The van der Waals surface area contributed by atoms with Crippen molar-refractivity contribution in [2.24, 2.45) is 5.92 Å². The topological polar surface area (TPSA) is 9.23 Å². The van der Waals surface area contributed by atoms with Crippen molar-refractivity contribution in [3.8, 4) is 5.75 Å². The lowest BCUT2D eigenvalue weighted by atomic mass is 9.89. The van der Waals surface area contributed by atoms with Gasteiger partial charge in [-0.1, -0.05) is 34.5 Å². The van der Waals surface area contributed by atoms with Crippen LogP contribution in [0.1, 0.15) is 31.2 Å². The van der Waals surface area contributed by atoms with Gasteiger partial charge >= 0.3 is 0 Å². The second-order valence-electron chi connectivity index (χ2n) is 4.45. The lowest BCUT2D eigenvalue weighted by molar-refractivity contribution is 0.399. The molecule has 1 fully saturated rings. The fourth-order valence-electron chi connectivity index (χ4n) is 2.55. The molecule has 0 radical (unpaired) electrons. The Balaban J connectivity index is 2.35. The maximum Gasteiger partial charge on any atom is 0.122 e. The summed E-state index contributed by atoms with van der Waals surface area (Å²) in [4.78, 5) is 0.612. The van der Waals surface area contributed by atoms with Crippen LogP contribution in [0, 0.1) is 5.92 Å². The van der Waals surface area contributed by atoms with E-state index in [1.54, 1.807) is 7.11 Å². The second-order valence-corrected chi connectivity index (χ2v) is 6.06. The first-order valence-electron chi connectivity index (χ1n) is 5.61. The monoisotopic (exact) mass is 302 g/mol. The van der Waals surface area contributed by atoms with E-state index in [0.29, 0.717) is 16.7 Å². The van der Waals surface area contributed by atoms with Crippen molar-refractivity contribution in [2.45, 2.75) is 30.5 Å². The van der Waals surface area contributed by atoms with Crippen LogP contribution < -0.4 is 4.74 Å². The van der Waals surface area contributed by atoms with Gasteiger partial charge in [-0.05, 0) is 48.4 Å². The average Bonchev–Trinajstić information content (AvgIpc) is 2.60. The van der Waals surface area contributed by atoms with Crippen LogP contribution in [0.2, 0.25) is 5.02 Å². The lowest BCUT2D eigenvalue weighted by Gasteiger charge is -2.20. The summed E-state index contributed by atoms with van der Waals surface area (Å²) in [6, 6.07) is 5.90. The Kier molecular flexibility index (Phi) is 3.81. The molecule has 0 bridgehead atoms. The fraction of sp³-hybridized carbons (Fsp3) is 0.538. The van der Waals surface area contributed by atoms with Crippen molar-refractivity contribution < 1.29 is 4.74 Å². The van der Waals surface area contributed by atoms with Crippen molar-refractivity contribution in [3.05, 3.63) is 28.8 Å². The van der Waals surface area contributed by atoms with E-state index in [-0.39, 0.29) is 0 Å². The summed E-state index contributed by atoms with van der Waals surface area (Å²) in [5.74, 6) is 2.15. The Morgan fingerprint density at radius 1 is 1.38 bits per heavy atom. The molecule has 1 nitrogen and oxygen atoms in total. The molecule has 3 atom stereocenters. The minimum absolute atomic E-state index is 0.554. The minimum atomic E-state index is 0.554. The summed E-state index contributed by atoms with van der Waals surface area (Å²) in [6.07, 6.45) is 2.43. The number of hydrogen-bond donors (Lipinski definition) is 0. The van der Waals surface area contributed by atoms with E-state index in [4.69, 9.17) is 16.3 Å². The van der Waals surface area contributed by atoms with Crippen LogP contribution in [0.4, 0.5) is 0 Å². The number of hydrogen-bond acceptors (Lipinski definition) is 1. The highest BCUT2D eigenvalue weighted by Gasteiger charge is 2.33. The molecule has 1 aliphatic carbocycles. The molecule has 16 heavy (non-hydrogen) atoms. The molecule has 0 aromatic heterocycles. The van der Waals surface area contributed by atoms with Crippen LogP contribution in [-0.4, -0.2) is 11.9 Å². The Morgan fingerprint density at radius 2 is 2.12 bits per heavy atom. The molecule has 1 aliphatic rings. The summed E-state index contributed by atoms with van der Waals surface area (Å²) in [6.45, 7) is 2.29. The maximum absolute atomic E-state index is 6.07. The van der Waals surface area contributed by atoms with E-state index in [9.17, 15) is 0 Å². The van der Waals surface area contributed by atoms with Gasteiger partial charge in [0.15, 0.2) is 0 Å². The first-order chi connectivity index (χ1) is 7.63. The van der Waals surface area contributed by atoms with Crippen LogP contribution in [0.3, 0.4) is 0 Å². The number of halogens is 2. The number of rotatable bonds is 2. The van der Waals surface area contributed by atoms with Crippen molar-refractivity contribution >= 4 is 27.5 Å². The fourth-order valence-corrected chi connectivity index (χ4v) is 3.36. The lowest BCUT2D eigenvalue weighted by Crippen LogP contribution is -2.10. The Labute approximate surface area is 110 Å². The van der Waals surface area contributed by atoms with Gasteiger partial charge in [-0.3, -0.25) is 0 Å². The van der Waals surface area contributed by atoms with E-state index >= 15 is 0 Å². The van der Waals surface area contributed by atoms with Gasteiger partial charge in [-0.2, -0.15) is 0 Å². The summed E-state index contributed by atoms with van der Waals surface area (Å²) in [5.41, 5.74) is 1.25. The number of methoxy groups -OCH3 is 1. The zero-order valence-corrected chi connectivity index (χ0v) is 11.9. The molecule has 0 amide bonds. The smallest absolute Gasteiger partial charge is 0.122 e. The van der Waals surface area contributed by atoms with E-state index in [2.05, 4.69) is 22.9 Å². The van der Waals surface area contributed by atoms with Crippen LogP contribution in [0.25, 0.3) is 0 Å². The summed E-state index contributed by atoms with van der Waals surface area (Å²) in [5, 5.41) is 0.793. The maximum atomic E-state index is 6.07. The molecule has 2 rings (SSSR count). The highest BCUT2D eigenvalue weighted by atomic mass is 79.9. The van der Waals surface area contributed by atoms with E-state index in [1.165, 1.54) is 18.4 Å². The van der Waals surface area contributed by atoms with Gasteiger partial charge in [0.1, 0.15) is 5.75 Å². The summed E-state index contributed by atoms with van der Waals surface area (Å²) < 4.78 is 5.42. The van der Waals surface area contributed by atoms with Crippen LogP contribution >= 0.6 is 27.5 Å². The molecular weight excluding hydrogens is 287 g/mol. The van der Waals surface area contributed by atoms with Crippen molar-refractivity contribution in [1.29, 1.82) is 0 Å². The third-order valence-electron chi connectivity index (χ3n) is 3.55. The molecule has 0 saturated heterocycles. The highest BCUT2D eigenvalue weighted by Crippen LogP contribution is 2.46. The Hall–Kier alpha value is -0.210.